The molecule has 1 fully saturated rings. The summed E-state index contributed by atoms with van der Waals surface area (Å²) < 4.78 is 17.0. The highest BCUT2D eigenvalue weighted by molar-refractivity contribution is 7.62. The van der Waals surface area contributed by atoms with Crippen molar-refractivity contribution < 1.29 is 9.09 Å². The highest BCUT2D eigenvalue weighted by Crippen LogP contribution is 2.56. The van der Waals surface area contributed by atoms with Crippen molar-refractivity contribution in [2.45, 2.75) is 37.8 Å². The maximum atomic E-state index is 12.0. The van der Waals surface area contributed by atoms with Crippen LogP contribution in [0.4, 0.5) is 0 Å². The molecular formula is C9H17O2P. The van der Waals surface area contributed by atoms with Gasteiger partial charge in [0.2, 0.25) is 7.37 Å². The standard InChI is InChI=1S/C9H17O2P/c1-3-12(10,11-2)9-7-5-4-6-8-9/h3,9H,1,4-8H2,2H3. The topological polar surface area (TPSA) is 26.3 Å². The minimum absolute atomic E-state index is 0.244. The first-order valence-corrected chi connectivity index (χ1v) is 6.28. The monoisotopic (exact) mass is 188 g/mol. The van der Waals surface area contributed by atoms with E-state index >= 15 is 0 Å². The molecule has 12 heavy (non-hydrogen) atoms. The van der Waals surface area contributed by atoms with Crippen molar-refractivity contribution in [3.05, 3.63) is 12.4 Å². The molecule has 0 spiro atoms. The molecule has 0 aliphatic heterocycles. The maximum Gasteiger partial charge on any atom is 0.227 e. The van der Waals surface area contributed by atoms with Gasteiger partial charge in [-0.25, -0.2) is 0 Å². The van der Waals surface area contributed by atoms with E-state index in [4.69, 9.17) is 4.52 Å². The largest absolute Gasteiger partial charge is 0.329 e. The highest BCUT2D eigenvalue weighted by atomic mass is 31.2. The molecule has 1 atom stereocenters. The van der Waals surface area contributed by atoms with Gasteiger partial charge >= 0.3 is 0 Å². The first kappa shape index (κ1) is 10.0. The van der Waals surface area contributed by atoms with Gasteiger partial charge in [-0.05, 0) is 18.7 Å². The van der Waals surface area contributed by atoms with Gasteiger partial charge in [0.1, 0.15) is 0 Å². The van der Waals surface area contributed by atoms with Gasteiger partial charge in [-0.3, -0.25) is 4.57 Å². The fourth-order valence-corrected chi connectivity index (χ4v) is 3.64. The van der Waals surface area contributed by atoms with Crippen LogP contribution in [0, 0.1) is 0 Å². The van der Waals surface area contributed by atoms with E-state index in [1.165, 1.54) is 32.2 Å². The van der Waals surface area contributed by atoms with Crippen molar-refractivity contribution in [2.24, 2.45) is 0 Å². The predicted octanol–water partition coefficient (Wildman–Crippen LogP) is 3.39. The molecule has 1 aliphatic rings. The first-order valence-electron chi connectivity index (χ1n) is 4.51. The summed E-state index contributed by atoms with van der Waals surface area (Å²) in [6.45, 7) is 3.59. The Morgan fingerprint density at radius 3 is 2.42 bits per heavy atom. The van der Waals surface area contributed by atoms with Crippen molar-refractivity contribution in [3.8, 4) is 0 Å². The van der Waals surface area contributed by atoms with Gasteiger partial charge in [0.25, 0.3) is 0 Å². The van der Waals surface area contributed by atoms with Crippen LogP contribution < -0.4 is 0 Å². The van der Waals surface area contributed by atoms with Gasteiger partial charge in [0, 0.05) is 12.8 Å². The molecule has 2 nitrogen and oxygen atoms in total. The molecule has 0 amide bonds. The van der Waals surface area contributed by atoms with Crippen LogP contribution in [0.5, 0.6) is 0 Å². The third-order valence-corrected chi connectivity index (χ3v) is 5.24. The lowest BCUT2D eigenvalue weighted by Crippen LogP contribution is -2.12. The molecule has 0 aromatic rings. The van der Waals surface area contributed by atoms with Crippen molar-refractivity contribution in [1.82, 2.24) is 0 Å². The Kier molecular flexibility index (Phi) is 3.54. The number of rotatable bonds is 3. The quantitative estimate of drug-likeness (QED) is 0.634. The summed E-state index contributed by atoms with van der Waals surface area (Å²) in [6.07, 6.45) is 5.73. The molecule has 1 saturated carbocycles. The molecule has 1 rings (SSSR count). The Labute approximate surface area is 74.5 Å². The van der Waals surface area contributed by atoms with Gasteiger partial charge in [0.15, 0.2) is 0 Å². The third kappa shape index (κ3) is 1.99. The zero-order chi connectivity index (χ0) is 9.03. The summed E-state index contributed by atoms with van der Waals surface area (Å²) in [5.41, 5.74) is 0.244. The van der Waals surface area contributed by atoms with Crippen molar-refractivity contribution in [3.63, 3.8) is 0 Å². The molecule has 0 N–H and O–H groups in total. The number of hydrogen-bond acceptors (Lipinski definition) is 2. The van der Waals surface area contributed by atoms with E-state index in [1.807, 2.05) is 0 Å². The summed E-state index contributed by atoms with van der Waals surface area (Å²) in [5, 5.41) is 0. The third-order valence-electron chi connectivity index (χ3n) is 2.62. The molecule has 3 heteroatoms. The molecule has 0 bridgehead atoms. The van der Waals surface area contributed by atoms with Crippen LogP contribution in [0.25, 0.3) is 0 Å². The van der Waals surface area contributed by atoms with Gasteiger partial charge in [-0.1, -0.05) is 25.8 Å². The highest BCUT2D eigenvalue weighted by Gasteiger charge is 2.30. The van der Waals surface area contributed by atoms with Gasteiger partial charge in [-0.15, -0.1) is 0 Å². The van der Waals surface area contributed by atoms with Gasteiger partial charge in [-0.2, -0.15) is 0 Å². The lowest BCUT2D eigenvalue weighted by Gasteiger charge is -2.26. The zero-order valence-electron chi connectivity index (χ0n) is 7.66. The molecule has 0 heterocycles. The molecule has 70 valence electrons. The van der Waals surface area contributed by atoms with E-state index in [-0.39, 0.29) is 5.66 Å². The SMILES string of the molecule is C=CP(=O)(OC)C1CCCCC1. The second-order valence-electron chi connectivity index (χ2n) is 3.30. The van der Waals surface area contributed by atoms with Crippen molar-refractivity contribution in [1.29, 1.82) is 0 Å². The van der Waals surface area contributed by atoms with Gasteiger partial charge < -0.3 is 4.52 Å². The van der Waals surface area contributed by atoms with Crippen LogP contribution in [0.2, 0.25) is 0 Å². The normalized spacial score (nSPS) is 24.8. The molecule has 0 aromatic heterocycles. The van der Waals surface area contributed by atoms with E-state index in [9.17, 15) is 4.57 Å². The van der Waals surface area contributed by atoms with Crippen LogP contribution >= 0.6 is 7.37 Å². The molecular weight excluding hydrogens is 171 g/mol. The summed E-state index contributed by atoms with van der Waals surface area (Å²) in [4.78, 5) is 0. The van der Waals surface area contributed by atoms with Crippen LogP contribution in [-0.2, 0) is 9.09 Å². The lowest BCUT2D eigenvalue weighted by molar-refractivity contribution is 0.372. The lowest BCUT2D eigenvalue weighted by atomic mass is 10.0. The maximum absolute atomic E-state index is 12.0. The minimum atomic E-state index is -2.49. The average molecular weight is 188 g/mol. The van der Waals surface area contributed by atoms with E-state index < -0.39 is 7.37 Å². The van der Waals surface area contributed by atoms with Crippen molar-refractivity contribution >= 4 is 7.37 Å². The Hall–Kier alpha value is -0.0700. The van der Waals surface area contributed by atoms with Crippen LogP contribution in [0.15, 0.2) is 12.4 Å². The molecule has 0 saturated heterocycles. The average Bonchev–Trinajstić information content (AvgIpc) is 2.18. The molecule has 0 radical (unpaired) electrons. The smallest absolute Gasteiger partial charge is 0.227 e. The van der Waals surface area contributed by atoms with E-state index in [1.54, 1.807) is 0 Å². The Balaban J connectivity index is 2.64. The number of hydrogen-bond donors (Lipinski definition) is 0. The fraction of sp³-hybridized carbons (Fsp3) is 0.778. The molecule has 1 unspecified atom stereocenters. The zero-order valence-corrected chi connectivity index (χ0v) is 8.56. The first-order chi connectivity index (χ1) is 5.73. The molecule has 1 aliphatic carbocycles. The second-order valence-corrected chi connectivity index (χ2v) is 6.05. The van der Waals surface area contributed by atoms with Crippen LogP contribution in [0.3, 0.4) is 0 Å². The predicted molar refractivity (Wildman–Crippen MR) is 51.7 cm³/mol. The fourth-order valence-electron chi connectivity index (χ4n) is 1.81. The van der Waals surface area contributed by atoms with Crippen LogP contribution in [-0.4, -0.2) is 12.8 Å². The minimum Gasteiger partial charge on any atom is -0.329 e. The summed E-state index contributed by atoms with van der Waals surface area (Å²) in [7, 11) is -0.968. The van der Waals surface area contributed by atoms with E-state index in [0.29, 0.717) is 0 Å². The van der Waals surface area contributed by atoms with E-state index in [2.05, 4.69) is 6.58 Å². The molecule has 0 aromatic carbocycles. The summed E-state index contributed by atoms with van der Waals surface area (Å²) in [6, 6.07) is 0. The summed E-state index contributed by atoms with van der Waals surface area (Å²) >= 11 is 0. The van der Waals surface area contributed by atoms with Crippen molar-refractivity contribution in [2.75, 3.05) is 7.11 Å². The second kappa shape index (κ2) is 4.25. The van der Waals surface area contributed by atoms with Gasteiger partial charge in [0.05, 0.1) is 0 Å². The summed E-state index contributed by atoms with van der Waals surface area (Å²) in [5.74, 6) is 1.52. The Morgan fingerprint density at radius 1 is 1.42 bits per heavy atom. The Bertz CT molecular complexity index is 195. The van der Waals surface area contributed by atoms with Crippen LogP contribution in [0.1, 0.15) is 32.1 Å². The van der Waals surface area contributed by atoms with E-state index in [0.717, 1.165) is 12.8 Å². The Morgan fingerprint density at radius 2 is 2.00 bits per heavy atom.